The van der Waals surface area contributed by atoms with Crippen LogP contribution in [0, 0.1) is 15.2 Å². The predicted molar refractivity (Wildman–Crippen MR) is 86.5 cm³/mol. The lowest BCUT2D eigenvalue weighted by atomic mass is 10.0. The molecular formula is C15H10F2IN3. The van der Waals surface area contributed by atoms with Crippen molar-refractivity contribution in [3.8, 4) is 22.4 Å². The van der Waals surface area contributed by atoms with Crippen molar-refractivity contribution in [3.63, 3.8) is 0 Å². The summed E-state index contributed by atoms with van der Waals surface area (Å²) in [6, 6.07) is 10.5. The third-order valence-electron chi connectivity index (χ3n) is 3.11. The van der Waals surface area contributed by atoms with Gasteiger partial charge in [0.1, 0.15) is 11.6 Å². The number of aromatic nitrogens is 2. The third-order valence-corrected chi connectivity index (χ3v) is 4.00. The van der Waals surface area contributed by atoms with Crippen LogP contribution in [0.1, 0.15) is 0 Å². The van der Waals surface area contributed by atoms with E-state index in [4.69, 9.17) is 5.73 Å². The SMILES string of the molecule is Nc1n[nH]c(-c2ccc(F)cc2I)c1-c1cccc(F)c1. The fourth-order valence-electron chi connectivity index (χ4n) is 2.18. The molecule has 0 aliphatic heterocycles. The molecule has 0 aliphatic rings. The average Bonchev–Trinajstić information content (AvgIpc) is 2.80. The molecule has 0 bridgehead atoms. The van der Waals surface area contributed by atoms with E-state index in [0.29, 0.717) is 20.4 Å². The van der Waals surface area contributed by atoms with E-state index in [0.717, 1.165) is 5.56 Å². The minimum atomic E-state index is -0.354. The van der Waals surface area contributed by atoms with E-state index in [1.165, 1.54) is 24.3 Å². The zero-order chi connectivity index (χ0) is 15.0. The molecule has 0 spiro atoms. The minimum Gasteiger partial charge on any atom is -0.382 e. The molecule has 1 aromatic heterocycles. The molecule has 106 valence electrons. The Morgan fingerprint density at radius 1 is 1.05 bits per heavy atom. The van der Waals surface area contributed by atoms with Crippen LogP contribution >= 0.6 is 22.6 Å². The molecule has 21 heavy (non-hydrogen) atoms. The van der Waals surface area contributed by atoms with Crippen molar-refractivity contribution >= 4 is 28.4 Å². The fourth-order valence-corrected chi connectivity index (χ4v) is 2.93. The Morgan fingerprint density at radius 3 is 2.52 bits per heavy atom. The van der Waals surface area contributed by atoms with Crippen LogP contribution in [0.3, 0.4) is 0 Å². The van der Waals surface area contributed by atoms with Crippen molar-refractivity contribution in [1.29, 1.82) is 0 Å². The van der Waals surface area contributed by atoms with Crippen molar-refractivity contribution in [3.05, 3.63) is 57.7 Å². The highest BCUT2D eigenvalue weighted by Gasteiger charge is 2.17. The molecule has 0 unspecified atom stereocenters. The van der Waals surface area contributed by atoms with Crippen molar-refractivity contribution < 1.29 is 8.78 Å². The van der Waals surface area contributed by atoms with E-state index >= 15 is 0 Å². The van der Waals surface area contributed by atoms with Gasteiger partial charge in [-0.25, -0.2) is 8.78 Å². The second-order valence-electron chi connectivity index (χ2n) is 4.49. The summed E-state index contributed by atoms with van der Waals surface area (Å²) in [5.41, 5.74) is 8.54. The Hall–Kier alpha value is -1.96. The number of anilines is 1. The minimum absolute atomic E-state index is 0.274. The first-order valence-corrected chi connectivity index (χ1v) is 7.19. The highest BCUT2D eigenvalue weighted by atomic mass is 127. The summed E-state index contributed by atoms with van der Waals surface area (Å²) in [6.07, 6.45) is 0. The second kappa shape index (κ2) is 5.44. The number of nitrogens with zero attached hydrogens (tertiary/aromatic N) is 1. The number of aromatic amines is 1. The Bertz CT molecular complexity index is 814. The van der Waals surface area contributed by atoms with Gasteiger partial charge >= 0.3 is 0 Å². The Labute approximate surface area is 133 Å². The lowest BCUT2D eigenvalue weighted by molar-refractivity contribution is 0.627. The van der Waals surface area contributed by atoms with Crippen molar-refractivity contribution in [2.75, 3.05) is 5.73 Å². The molecule has 0 atom stereocenters. The zero-order valence-corrected chi connectivity index (χ0v) is 12.9. The van der Waals surface area contributed by atoms with Gasteiger partial charge in [0, 0.05) is 9.13 Å². The van der Waals surface area contributed by atoms with Gasteiger partial charge in [0.15, 0.2) is 5.82 Å². The van der Waals surface area contributed by atoms with Crippen molar-refractivity contribution in [1.82, 2.24) is 10.2 Å². The summed E-state index contributed by atoms with van der Waals surface area (Å²) < 4.78 is 27.4. The number of hydrogen-bond donors (Lipinski definition) is 2. The second-order valence-corrected chi connectivity index (χ2v) is 5.66. The quantitative estimate of drug-likeness (QED) is 0.637. The maximum atomic E-state index is 13.4. The van der Waals surface area contributed by atoms with E-state index in [1.807, 2.05) is 22.6 Å². The van der Waals surface area contributed by atoms with E-state index in [9.17, 15) is 8.78 Å². The number of H-pyrrole nitrogens is 1. The normalized spacial score (nSPS) is 10.8. The number of rotatable bonds is 2. The van der Waals surface area contributed by atoms with Crippen LogP contribution in [0.15, 0.2) is 42.5 Å². The van der Waals surface area contributed by atoms with Crippen molar-refractivity contribution in [2.24, 2.45) is 0 Å². The molecule has 3 rings (SSSR count). The number of nitrogens with two attached hydrogens (primary N) is 1. The first kappa shape index (κ1) is 14.0. The van der Waals surface area contributed by atoms with Crippen LogP contribution in [0.2, 0.25) is 0 Å². The van der Waals surface area contributed by atoms with Crippen LogP contribution in [0.5, 0.6) is 0 Å². The Kier molecular flexibility index (Phi) is 3.62. The third kappa shape index (κ3) is 2.63. The van der Waals surface area contributed by atoms with E-state index in [-0.39, 0.29) is 17.5 Å². The van der Waals surface area contributed by atoms with Crippen LogP contribution < -0.4 is 5.73 Å². The van der Waals surface area contributed by atoms with Gasteiger partial charge in [-0.1, -0.05) is 12.1 Å². The van der Waals surface area contributed by atoms with E-state index in [1.54, 1.807) is 18.2 Å². The number of hydrogen-bond acceptors (Lipinski definition) is 2. The first-order chi connectivity index (χ1) is 10.1. The number of nitrogens with one attached hydrogen (secondary N) is 1. The molecule has 0 radical (unpaired) electrons. The summed E-state index contributed by atoms with van der Waals surface area (Å²) in [4.78, 5) is 0. The summed E-state index contributed by atoms with van der Waals surface area (Å²) in [7, 11) is 0. The molecule has 3 nitrogen and oxygen atoms in total. The van der Waals surface area contributed by atoms with Gasteiger partial charge in [-0.05, 0) is 58.5 Å². The van der Waals surface area contributed by atoms with Gasteiger partial charge in [-0.2, -0.15) is 5.10 Å². The van der Waals surface area contributed by atoms with E-state index < -0.39 is 0 Å². The maximum Gasteiger partial charge on any atom is 0.153 e. The van der Waals surface area contributed by atoms with Crippen LogP contribution in [0.4, 0.5) is 14.6 Å². The Balaban J connectivity index is 2.22. The molecule has 0 amide bonds. The molecule has 6 heteroatoms. The summed E-state index contributed by atoms with van der Waals surface area (Å²) in [5, 5.41) is 6.84. The molecule has 0 fully saturated rings. The maximum absolute atomic E-state index is 13.4. The lowest BCUT2D eigenvalue weighted by Gasteiger charge is -2.07. The highest BCUT2D eigenvalue weighted by molar-refractivity contribution is 14.1. The predicted octanol–water partition coefficient (Wildman–Crippen LogP) is 4.21. The van der Waals surface area contributed by atoms with Crippen LogP contribution in [0.25, 0.3) is 22.4 Å². The van der Waals surface area contributed by atoms with Crippen LogP contribution in [-0.2, 0) is 0 Å². The summed E-state index contributed by atoms with van der Waals surface area (Å²) in [5.74, 6) is -0.397. The highest BCUT2D eigenvalue weighted by Crippen LogP contribution is 2.36. The summed E-state index contributed by atoms with van der Waals surface area (Å²) in [6.45, 7) is 0. The smallest absolute Gasteiger partial charge is 0.153 e. The topological polar surface area (TPSA) is 54.7 Å². The number of nitrogen functional groups attached to an aromatic ring is 1. The standard InChI is InChI=1S/C15H10F2IN3/c16-9-3-1-2-8(6-9)13-14(20-21-15(13)19)11-5-4-10(17)7-12(11)18/h1-7H,(H3,19,20,21). The monoisotopic (exact) mass is 397 g/mol. The van der Waals surface area contributed by atoms with Gasteiger partial charge < -0.3 is 5.73 Å². The fraction of sp³-hybridized carbons (Fsp3) is 0. The number of halogens is 3. The Morgan fingerprint density at radius 2 is 1.81 bits per heavy atom. The van der Waals surface area contributed by atoms with Gasteiger partial charge in [0.25, 0.3) is 0 Å². The molecule has 0 saturated heterocycles. The average molecular weight is 397 g/mol. The lowest BCUT2D eigenvalue weighted by Crippen LogP contribution is -1.91. The molecular weight excluding hydrogens is 387 g/mol. The largest absolute Gasteiger partial charge is 0.382 e. The molecule has 0 aliphatic carbocycles. The first-order valence-electron chi connectivity index (χ1n) is 6.11. The molecule has 3 N–H and O–H groups in total. The molecule has 0 saturated carbocycles. The summed E-state index contributed by atoms with van der Waals surface area (Å²) >= 11 is 2.04. The van der Waals surface area contributed by atoms with Crippen molar-refractivity contribution in [2.45, 2.75) is 0 Å². The number of benzene rings is 2. The van der Waals surface area contributed by atoms with Gasteiger partial charge in [-0.15, -0.1) is 0 Å². The molecule has 1 heterocycles. The van der Waals surface area contributed by atoms with Crippen LogP contribution in [-0.4, -0.2) is 10.2 Å². The van der Waals surface area contributed by atoms with E-state index in [2.05, 4.69) is 10.2 Å². The van der Waals surface area contributed by atoms with Gasteiger partial charge in [-0.3, -0.25) is 5.10 Å². The zero-order valence-electron chi connectivity index (χ0n) is 10.7. The van der Waals surface area contributed by atoms with Gasteiger partial charge in [0.05, 0.1) is 11.3 Å². The molecule has 2 aromatic carbocycles. The van der Waals surface area contributed by atoms with Gasteiger partial charge in [0.2, 0.25) is 0 Å². The molecule has 3 aromatic rings.